The lowest BCUT2D eigenvalue weighted by atomic mass is 10.2. The molecule has 2 rings (SSSR count). The van der Waals surface area contributed by atoms with Crippen LogP contribution in [0.15, 0.2) is 42.6 Å². The summed E-state index contributed by atoms with van der Waals surface area (Å²) in [6.45, 7) is 0.129. The van der Waals surface area contributed by atoms with Crippen molar-refractivity contribution >= 4 is 17.6 Å². The first-order chi connectivity index (χ1) is 8.66. The molecule has 0 saturated carbocycles. The monoisotopic (exact) mass is 265 g/mol. The van der Waals surface area contributed by atoms with Crippen molar-refractivity contribution in [2.45, 2.75) is 6.61 Å². The molecule has 0 aliphatic heterocycles. The minimum absolute atomic E-state index is 0.0350. The van der Waals surface area contributed by atoms with Crippen molar-refractivity contribution in [2.75, 3.05) is 0 Å². The molecule has 0 bridgehead atoms. The maximum absolute atomic E-state index is 13.1. The van der Waals surface area contributed by atoms with Crippen molar-refractivity contribution in [1.29, 1.82) is 0 Å². The molecule has 0 aliphatic carbocycles. The molecular weight excluding hydrogens is 257 g/mol. The van der Waals surface area contributed by atoms with Crippen LogP contribution in [0.5, 0.6) is 0 Å². The number of benzene rings is 1. The van der Waals surface area contributed by atoms with E-state index in [2.05, 4.69) is 4.98 Å². The molecule has 0 spiro atoms. The molecule has 0 fully saturated rings. The fourth-order valence-electron chi connectivity index (χ4n) is 1.34. The molecule has 2 aromatic rings. The van der Waals surface area contributed by atoms with Crippen LogP contribution in [-0.2, 0) is 11.3 Å². The van der Waals surface area contributed by atoms with Gasteiger partial charge in [0.1, 0.15) is 6.61 Å². The van der Waals surface area contributed by atoms with Gasteiger partial charge in [0.05, 0.1) is 5.56 Å². The Balaban J connectivity index is 2.02. The number of pyridine rings is 1. The van der Waals surface area contributed by atoms with Crippen molar-refractivity contribution in [3.8, 4) is 0 Å². The van der Waals surface area contributed by atoms with Crippen LogP contribution in [0.1, 0.15) is 15.9 Å². The topological polar surface area (TPSA) is 39.2 Å². The maximum atomic E-state index is 13.1. The predicted octanol–water partition coefficient (Wildman–Crippen LogP) is 3.23. The molecule has 0 aliphatic rings. The van der Waals surface area contributed by atoms with Crippen LogP contribution >= 0.6 is 11.6 Å². The van der Waals surface area contributed by atoms with Gasteiger partial charge in [-0.25, -0.2) is 14.2 Å². The Bertz CT molecular complexity index is 560. The smallest absolute Gasteiger partial charge is 0.340 e. The van der Waals surface area contributed by atoms with Crippen LogP contribution in [-0.4, -0.2) is 11.0 Å². The van der Waals surface area contributed by atoms with Gasteiger partial charge in [-0.3, -0.25) is 0 Å². The van der Waals surface area contributed by atoms with Gasteiger partial charge in [-0.15, -0.1) is 0 Å². The largest absolute Gasteiger partial charge is 0.457 e. The van der Waals surface area contributed by atoms with Gasteiger partial charge in [0, 0.05) is 6.20 Å². The molecule has 0 radical (unpaired) electrons. The van der Waals surface area contributed by atoms with Crippen LogP contribution in [0.3, 0.4) is 0 Å². The quantitative estimate of drug-likeness (QED) is 0.632. The Morgan fingerprint density at radius 2 is 2.06 bits per heavy atom. The number of rotatable bonds is 3. The third-order valence-electron chi connectivity index (χ3n) is 2.24. The second-order valence-corrected chi connectivity index (χ2v) is 3.92. The Kier molecular flexibility index (Phi) is 3.89. The molecule has 5 heteroatoms. The van der Waals surface area contributed by atoms with Crippen LogP contribution in [0.25, 0.3) is 0 Å². The maximum Gasteiger partial charge on any atom is 0.340 e. The molecular formula is C13H9ClFNO2. The van der Waals surface area contributed by atoms with Crippen molar-refractivity contribution in [3.63, 3.8) is 0 Å². The van der Waals surface area contributed by atoms with Gasteiger partial charge in [0.25, 0.3) is 0 Å². The van der Waals surface area contributed by atoms with E-state index in [-0.39, 0.29) is 17.3 Å². The van der Waals surface area contributed by atoms with E-state index in [0.717, 1.165) is 11.6 Å². The average molecular weight is 266 g/mol. The summed E-state index contributed by atoms with van der Waals surface area (Å²) in [5.41, 5.74) is 0.890. The van der Waals surface area contributed by atoms with Gasteiger partial charge in [0.15, 0.2) is 11.0 Å². The van der Waals surface area contributed by atoms with Crippen LogP contribution < -0.4 is 0 Å². The van der Waals surface area contributed by atoms with Gasteiger partial charge in [0.2, 0.25) is 0 Å². The minimum atomic E-state index is -0.745. The number of hydrogen-bond donors (Lipinski definition) is 0. The summed E-state index contributed by atoms with van der Waals surface area (Å²) in [7, 11) is 0. The van der Waals surface area contributed by atoms with Crippen molar-refractivity contribution in [2.24, 2.45) is 0 Å². The van der Waals surface area contributed by atoms with Crippen LogP contribution in [0.4, 0.5) is 4.39 Å². The minimum Gasteiger partial charge on any atom is -0.457 e. The van der Waals surface area contributed by atoms with Crippen LogP contribution in [0, 0.1) is 5.82 Å². The molecule has 0 amide bonds. The fraction of sp³-hybridized carbons (Fsp3) is 0.0769. The van der Waals surface area contributed by atoms with E-state index in [1.54, 1.807) is 0 Å². The Morgan fingerprint density at radius 1 is 1.33 bits per heavy atom. The van der Waals surface area contributed by atoms with Gasteiger partial charge >= 0.3 is 5.97 Å². The first-order valence-electron chi connectivity index (χ1n) is 5.19. The zero-order valence-electron chi connectivity index (χ0n) is 9.27. The summed E-state index contributed by atoms with van der Waals surface area (Å²) in [5, 5.41) is -0.269. The van der Waals surface area contributed by atoms with E-state index < -0.39 is 11.8 Å². The highest BCUT2D eigenvalue weighted by molar-refractivity contribution is 6.29. The molecule has 0 atom stereocenters. The van der Waals surface area contributed by atoms with Gasteiger partial charge in [-0.1, -0.05) is 41.9 Å². The number of carbonyl (C=O) groups is 1. The first kappa shape index (κ1) is 12.5. The third-order valence-corrected chi connectivity index (χ3v) is 2.52. The van der Waals surface area contributed by atoms with Gasteiger partial charge < -0.3 is 4.74 Å². The second-order valence-electron chi connectivity index (χ2n) is 3.56. The van der Waals surface area contributed by atoms with Crippen molar-refractivity contribution < 1.29 is 13.9 Å². The molecule has 3 nitrogen and oxygen atoms in total. The Morgan fingerprint density at radius 3 is 2.72 bits per heavy atom. The summed E-state index contributed by atoms with van der Waals surface area (Å²) in [6.07, 6.45) is 1.18. The van der Waals surface area contributed by atoms with Gasteiger partial charge in [-0.2, -0.15) is 0 Å². The zero-order chi connectivity index (χ0) is 13.0. The number of ether oxygens (including phenoxy) is 1. The zero-order valence-corrected chi connectivity index (χ0v) is 10.0. The average Bonchev–Trinajstić information content (AvgIpc) is 2.40. The summed E-state index contributed by atoms with van der Waals surface area (Å²) >= 11 is 5.42. The third kappa shape index (κ3) is 3.05. The number of carbonyl (C=O) groups excluding carboxylic acids is 1. The lowest BCUT2D eigenvalue weighted by Crippen LogP contribution is -2.06. The second kappa shape index (κ2) is 5.60. The normalized spacial score (nSPS) is 10.1. The molecule has 1 aromatic carbocycles. The van der Waals surface area contributed by atoms with Crippen LogP contribution in [0.2, 0.25) is 5.15 Å². The molecule has 0 saturated heterocycles. The van der Waals surface area contributed by atoms with E-state index in [9.17, 15) is 9.18 Å². The number of aromatic nitrogens is 1. The molecule has 0 unspecified atom stereocenters. The molecule has 0 N–H and O–H groups in total. The van der Waals surface area contributed by atoms with E-state index in [4.69, 9.17) is 16.3 Å². The number of halogens is 2. The van der Waals surface area contributed by atoms with E-state index in [1.807, 2.05) is 30.3 Å². The van der Waals surface area contributed by atoms with E-state index in [0.29, 0.717) is 0 Å². The molecule has 1 heterocycles. The lowest BCUT2D eigenvalue weighted by molar-refractivity contribution is 0.0471. The first-order valence-corrected chi connectivity index (χ1v) is 5.56. The number of hydrogen-bond acceptors (Lipinski definition) is 3. The summed E-state index contributed by atoms with van der Waals surface area (Å²) in [5.74, 6) is -1.38. The van der Waals surface area contributed by atoms with E-state index in [1.165, 1.54) is 6.20 Å². The molecule has 18 heavy (non-hydrogen) atoms. The van der Waals surface area contributed by atoms with E-state index >= 15 is 0 Å². The Labute approximate surface area is 108 Å². The lowest BCUT2D eigenvalue weighted by Gasteiger charge is -2.04. The summed E-state index contributed by atoms with van der Waals surface area (Å²) < 4.78 is 18.1. The fourth-order valence-corrected chi connectivity index (χ4v) is 1.44. The molecule has 1 aromatic heterocycles. The highest BCUT2D eigenvalue weighted by atomic mass is 35.5. The van der Waals surface area contributed by atoms with Gasteiger partial charge in [-0.05, 0) is 11.6 Å². The predicted molar refractivity (Wildman–Crippen MR) is 64.8 cm³/mol. The highest BCUT2D eigenvalue weighted by Gasteiger charge is 2.11. The number of esters is 1. The highest BCUT2D eigenvalue weighted by Crippen LogP contribution is 2.13. The SMILES string of the molecule is O=C(OCc1ccccc1)c1cnc(Cl)c(F)c1. The summed E-state index contributed by atoms with van der Waals surface area (Å²) in [6, 6.07) is 10.2. The van der Waals surface area contributed by atoms with Crippen molar-refractivity contribution in [3.05, 3.63) is 64.7 Å². The summed E-state index contributed by atoms with van der Waals surface area (Å²) in [4.78, 5) is 15.2. The standard InChI is InChI=1S/C13H9ClFNO2/c14-12-11(15)6-10(7-16-12)13(17)18-8-9-4-2-1-3-5-9/h1-7H,8H2. The molecule has 92 valence electrons. The van der Waals surface area contributed by atoms with Crippen molar-refractivity contribution in [1.82, 2.24) is 4.98 Å². The Hall–Kier alpha value is -1.94. The number of nitrogens with zero attached hydrogens (tertiary/aromatic N) is 1.